The number of aromatic nitrogens is 1. The average molecular weight is 442 g/mol. The van der Waals surface area contributed by atoms with E-state index in [0.29, 0.717) is 35.1 Å². The number of carbonyl (C=O) groups excluding carboxylic acids is 2. The monoisotopic (exact) mass is 441 g/mol. The van der Waals surface area contributed by atoms with Crippen molar-refractivity contribution in [3.05, 3.63) is 69.1 Å². The average Bonchev–Trinajstić information content (AvgIpc) is 3.12. The molecule has 5 nitrogen and oxygen atoms in total. The van der Waals surface area contributed by atoms with Gasteiger partial charge in [-0.3, -0.25) is 9.59 Å². The summed E-state index contributed by atoms with van der Waals surface area (Å²) in [6.07, 6.45) is 0.845. The van der Waals surface area contributed by atoms with Crippen LogP contribution in [0.3, 0.4) is 0 Å². The Morgan fingerprint density at radius 3 is 2.40 bits per heavy atom. The summed E-state index contributed by atoms with van der Waals surface area (Å²) in [6.45, 7) is 6.64. The van der Waals surface area contributed by atoms with Gasteiger partial charge in [0.15, 0.2) is 5.13 Å². The van der Waals surface area contributed by atoms with E-state index in [1.807, 2.05) is 5.38 Å². The zero-order chi connectivity index (χ0) is 21.7. The highest BCUT2D eigenvalue weighted by Gasteiger charge is 2.12. The van der Waals surface area contributed by atoms with Crippen LogP contribution in [0.25, 0.3) is 11.3 Å². The van der Waals surface area contributed by atoms with Crippen LogP contribution in [-0.4, -0.2) is 23.3 Å². The molecular formula is C23H24ClN3O2S. The molecule has 0 radical (unpaired) electrons. The van der Waals surface area contributed by atoms with Crippen molar-refractivity contribution in [2.75, 3.05) is 11.9 Å². The lowest BCUT2D eigenvalue weighted by molar-refractivity contribution is -0.116. The number of amides is 2. The fourth-order valence-corrected chi connectivity index (χ4v) is 4.21. The molecule has 3 rings (SSSR count). The molecule has 0 saturated carbocycles. The van der Waals surface area contributed by atoms with Crippen molar-refractivity contribution in [2.45, 2.75) is 33.6 Å². The molecule has 7 heteroatoms. The summed E-state index contributed by atoms with van der Waals surface area (Å²) < 4.78 is 0. The number of rotatable bonds is 7. The van der Waals surface area contributed by atoms with Gasteiger partial charge in [-0.1, -0.05) is 29.3 Å². The van der Waals surface area contributed by atoms with Crippen LogP contribution in [0.15, 0.2) is 41.8 Å². The van der Waals surface area contributed by atoms with Crippen LogP contribution < -0.4 is 10.6 Å². The smallest absolute Gasteiger partial charge is 0.251 e. The minimum atomic E-state index is -0.180. The van der Waals surface area contributed by atoms with E-state index in [4.69, 9.17) is 11.6 Å². The second-order valence-corrected chi connectivity index (χ2v) is 8.52. The van der Waals surface area contributed by atoms with Crippen LogP contribution in [0.5, 0.6) is 0 Å². The van der Waals surface area contributed by atoms with Crippen molar-refractivity contribution < 1.29 is 9.59 Å². The number of halogens is 1. The van der Waals surface area contributed by atoms with Gasteiger partial charge in [-0.25, -0.2) is 4.98 Å². The number of nitrogens with one attached hydrogen (secondary N) is 2. The number of hydrogen-bond acceptors (Lipinski definition) is 4. The first kappa shape index (κ1) is 22.0. The van der Waals surface area contributed by atoms with Gasteiger partial charge in [-0.2, -0.15) is 0 Å². The summed E-state index contributed by atoms with van der Waals surface area (Å²) in [6, 6.07) is 11.0. The van der Waals surface area contributed by atoms with Gasteiger partial charge in [0.1, 0.15) is 0 Å². The zero-order valence-electron chi connectivity index (χ0n) is 17.2. The van der Waals surface area contributed by atoms with Gasteiger partial charge in [0.05, 0.1) is 5.69 Å². The molecule has 0 atom stereocenters. The summed E-state index contributed by atoms with van der Waals surface area (Å²) in [5.74, 6) is -0.297. The second kappa shape index (κ2) is 9.87. The Labute approximate surface area is 185 Å². The van der Waals surface area contributed by atoms with Gasteiger partial charge >= 0.3 is 0 Å². The van der Waals surface area contributed by atoms with Crippen LogP contribution >= 0.6 is 22.9 Å². The third-order valence-electron chi connectivity index (χ3n) is 4.66. The normalized spacial score (nSPS) is 10.7. The van der Waals surface area contributed by atoms with Gasteiger partial charge in [0.2, 0.25) is 5.91 Å². The Morgan fingerprint density at radius 1 is 1.07 bits per heavy atom. The molecule has 0 saturated heterocycles. The Bertz CT molecular complexity index is 1040. The molecule has 0 aliphatic heterocycles. The van der Waals surface area contributed by atoms with E-state index in [0.717, 1.165) is 11.3 Å². The number of carbonyl (C=O) groups is 2. The molecule has 0 bridgehead atoms. The first-order chi connectivity index (χ1) is 14.3. The number of nitrogens with zero attached hydrogens (tertiary/aromatic N) is 1. The minimum Gasteiger partial charge on any atom is -0.352 e. The zero-order valence-corrected chi connectivity index (χ0v) is 18.8. The molecule has 2 aromatic carbocycles. The third kappa shape index (κ3) is 5.68. The Kier molecular flexibility index (Phi) is 7.24. The maximum Gasteiger partial charge on any atom is 0.251 e. The fraction of sp³-hybridized carbons (Fsp3) is 0.261. The quantitative estimate of drug-likeness (QED) is 0.473. The maximum absolute atomic E-state index is 12.2. The number of benzene rings is 2. The molecule has 0 fully saturated rings. The van der Waals surface area contributed by atoms with Crippen molar-refractivity contribution in [3.63, 3.8) is 0 Å². The lowest BCUT2D eigenvalue weighted by atomic mass is 9.98. The van der Waals surface area contributed by atoms with Crippen LogP contribution in [-0.2, 0) is 4.79 Å². The maximum atomic E-state index is 12.2. The van der Waals surface area contributed by atoms with Gasteiger partial charge in [-0.05, 0) is 62.6 Å². The molecule has 1 aromatic heterocycles. The van der Waals surface area contributed by atoms with Crippen LogP contribution in [0, 0.1) is 20.8 Å². The lowest BCUT2D eigenvalue weighted by Crippen LogP contribution is -2.25. The highest BCUT2D eigenvalue weighted by Crippen LogP contribution is 2.31. The molecule has 0 aliphatic carbocycles. The van der Waals surface area contributed by atoms with Crippen molar-refractivity contribution >= 4 is 39.9 Å². The highest BCUT2D eigenvalue weighted by atomic mass is 35.5. The van der Waals surface area contributed by atoms with Gasteiger partial charge < -0.3 is 10.6 Å². The molecule has 3 aromatic rings. The first-order valence-electron chi connectivity index (χ1n) is 9.71. The summed E-state index contributed by atoms with van der Waals surface area (Å²) >= 11 is 7.24. The van der Waals surface area contributed by atoms with Gasteiger partial charge in [0.25, 0.3) is 5.91 Å². The summed E-state index contributed by atoms with van der Waals surface area (Å²) in [7, 11) is 0. The van der Waals surface area contributed by atoms with E-state index in [-0.39, 0.29) is 11.8 Å². The second-order valence-electron chi connectivity index (χ2n) is 7.23. The lowest BCUT2D eigenvalue weighted by Gasteiger charge is -2.08. The molecule has 0 spiro atoms. The van der Waals surface area contributed by atoms with E-state index < -0.39 is 0 Å². The van der Waals surface area contributed by atoms with E-state index in [2.05, 4.69) is 48.5 Å². The van der Waals surface area contributed by atoms with Gasteiger partial charge in [0, 0.05) is 34.5 Å². The number of thiazole rings is 1. The number of aryl methyl sites for hydroxylation is 3. The van der Waals surface area contributed by atoms with Crippen LogP contribution in [0.1, 0.15) is 39.9 Å². The molecule has 156 valence electrons. The third-order valence-corrected chi connectivity index (χ3v) is 5.67. The summed E-state index contributed by atoms with van der Waals surface area (Å²) in [4.78, 5) is 28.8. The standard InChI is InChI=1S/C23H24ClN3O2S/c1-14-11-15(2)21(16(3)12-14)19-13-30-23(26-19)27-20(28)5-4-10-25-22(29)17-6-8-18(24)9-7-17/h6-9,11-13H,4-5,10H2,1-3H3,(H,25,29)(H,26,27,28). The molecule has 2 N–H and O–H groups in total. The topological polar surface area (TPSA) is 71.1 Å². The van der Waals surface area contributed by atoms with Crippen molar-refractivity contribution in [1.29, 1.82) is 0 Å². The van der Waals surface area contributed by atoms with Crippen LogP contribution in [0.4, 0.5) is 5.13 Å². The fourth-order valence-electron chi connectivity index (χ4n) is 3.37. The predicted octanol–water partition coefficient (Wildman–Crippen LogP) is 5.54. The summed E-state index contributed by atoms with van der Waals surface area (Å²) in [5.41, 5.74) is 6.10. The molecule has 30 heavy (non-hydrogen) atoms. The molecule has 1 heterocycles. The molecule has 0 aliphatic rings. The molecule has 2 amide bonds. The van der Waals surface area contributed by atoms with E-state index in [1.165, 1.54) is 28.0 Å². The Balaban J connectivity index is 1.48. The Morgan fingerprint density at radius 2 is 1.73 bits per heavy atom. The van der Waals surface area contributed by atoms with Crippen molar-refractivity contribution in [1.82, 2.24) is 10.3 Å². The first-order valence-corrected chi connectivity index (χ1v) is 11.0. The summed E-state index contributed by atoms with van der Waals surface area (Å²) in [5, 5.41) is 8.79. The molecular weight excluding hydrogens is 418 g/mol. The van der Waals surface area contributed by atoms with E-state index >= 15 is 0 Å². The van der Waals surface area contributed by atoms with Crippen molar-refractivity contribution in [3.8, 4) is 11.3 Å². The van der Waals surface area contributed by atoms with Gasteiger partial charge in [-0.15, -0.1) is 11.3 Å². The predicted molar refractivity (Wildman–Crippen MR) is 123 cm³/mol. The van der Waals surface area contributed by atoms with Crippen molar-refractivity contribution in [2.24, 2.45) is 0 Å². The number of hydrogen-bond donors (Lipinski definition) is 2. The Hall–Kier alpha value is -2.70. The minimum absolute atomic E-state index is 0.117. The van der Waals surface area contributed by atoms with Crippen LogP contribution in [0.2, 0.25) is 5.02 Å². The van der Waals surface area contributed by atoms with E-state index in [1.54, 1.807) is 24.3 Å². The highest BCUT2D eigenvalue weighted by molar-refractivity contribution is 7.14. The molecule has 0 unspecified atom stereocenters. The SMILES string of the molecule is Cc1cc(C)c(-c2csc(NC(=O)CCCNC(=O)c3ccc(Cl)cc3)n2)c(C)c1. The van der Waals surface area contributed by atoms with E-state index in [9.17, 15) is 9.59 Å². The largest absolute Gasteiger partial charge is 0.352 e. The number of anilines is 1.